The second kappa shape index (κ2) is 8.70. The Bertz CT molecular complexity index is 211. The van der Waals surface area contributed by atoms with Gasteiger partial charge >= 0.3 is 0 Å². The lowest BCUT2D eigenvalue weighted by Gasteiger charge is -2.25. The van der Waals surface area contributed by atoms with E-state index in [-0.39, 0.29) is 0 Å². The van der Waals surface area contributed by atoms with Gasteiger partial charge in [0.15, 0.2) is 5.11 Å². The first-order chi connectivity index (χ1) is 8.26. The summed E-state index contributed by atoms with van der Waals surface area (Å²) in [5, 5.41) is 7.58. The summed E-state index contributed by atoms with van der Waals surface area (Å²) in [6, 6.07) is 0.609. The van der Waals surface area contributed by atoms with Gasteiger partial charge in [0.1, 0.15) is 0 Å². The van der Waals surface area contributed by atoms with Crippen molar-refractivity contribution >= 4 is 17.3 Å². The van der Waals surface area contributed by atoms with E-state index in [4.69, 9.17) is 12.2 Å². The maximum atomic E-state index is 5.32. The molecule has 0 heterocycles. The molecule has 0 aromatic carbocycles. The van der Waals surface area contributed by atoms with Gasteiger partial charge < -0.3 is 15.5 Å². The Kier molecular flexibility index (Phi) is 7.53. The highest BCUT2D eigenvalue weighted by molar-refractivity contribution is 7.80. The zero-order valence-electron chi connectivity index (χ0n) is 11.3. The average Bonchev–Trinajstić information content (AvgIpc) is 2.36. The number of hydrogen-bond donors (Lipinski definition) is 2. The summed E-state index contributed by atoms with van der Waals surface area (Å²) in [4.78, 5) is 2.40. The minimum Gasteiger partial charge on any atom is -0.361 e. The van der Waals surface area contributed by atoms with Crippen molar-refractivity contribution in [2.75, 3.05) is 26.2 Å². The van der Waals surface area contributed by atoms with Gasteiger partial charge in [0.05, 0.1) is 0 Å². The van der Waals surface area contributed by atoms with Gasteiger partial charge in [-0.3, -0.25) is 0 Å². The van der Waals surface area contributed by atoms with E-state index in [1.165, 1.54) is 32.1 Å². The molecule has 1 saturated carbocycles. The molecule has 0 saturated heterocycles. The van der Waals surface area contributed by atoms with Crippen LogP contribution < -0.4 is 10.6 Å². The summed E-state index contributed by atoms with van der Waals surface area (Å²) in [6.07, 6.45) is 6.63. The molecule has 1 rings (SSSR count). The molecule has 4 heteroatoms. The Morgan fingerprint density at radius 2 is 1.82 bits per heavy atom. The van der Waals surface area contributed by atoms with Crippen LogP contribution >= 0.6 is 12.2 Å². The van der Waals surface area contributed by atoms with Crippen molar-refractivity contribution in [2.45, 2.75) is 52.0 Å². The van der Waals surface area contributed by atoms with Crippen LogP contribution in [0.15, 0.2) is 0 Å². The zero-order valence-corrected chi connectivity index (χ0v) is 12.1. The van der Waals surface area contributed by atoms with E-state index in [0.717, 1.165) is 31.3 Å². The van der Waals surface area contributed by atoms with Crippen LogP contribution in [0, 0.1) is 0 Å². The molecule has 0 radical (unpaired) electrons. The van der Waals surface area contributed by atoms with Crippen LogP contribution in [0.3, 0.4) is 0 Å². The molecule has 1 fully saturated rings. The van der Waals surface area contributed by atoms with Crippen LogP contribution in [0.2, 0.25) is 0 Å². The lowest BCUT2D eigenvalue weighted by atomic mass is 9.96. The highest BCUT2D eigenvalue weighted by atomic mass is 32.1. The van der Waals surface area contributed by atoms with Crippen molar-refractivity contribution in [3.05, 3.63) is 0 Å². The fraction of sp³-hybridized carbons (Fsp3) is 0.923. The van der Waals surface area contributed by atoms with Crippen LogP contribution in [-0.2, 0) is 0 Å². The van der Waals surface area contributed by atoms with Crippen LogP contribution in [0.1, 0.15) is 46.0 Å². The van der Waals surface area contributed by atoms with Crippen LogP contribution in [-0.4, -0.2) is 42.2 Å². The van der Waals surface area contributed by atoms with Crippen molar-refractivity contribution in [2.24, 2.45) is 0 Å². The predicted molar refractivity (Wildman–Crippen MR) is 78.4 cm³/mol. The molecule has 3 nitrogen and oxygen atoms in total. The average molecular weight is 257 g/mol. The Morgan fingerprint density at radius 3 is 2.41 bits per heavy atom. The summed E-state index contributed by atoms with van der Waals surface area (Å²) < 4.78 is 0. The van der Waals surface area contributed by atoms with Gasteiger partial charge in [-0.2, -0.15) is 0 Å². The number of nitrogens with one attached hydrogen (secondary N) is 2. The third-order valence-corrected chi connectivity index (χ3v) is 3.81. The fourth-order valence-electron chi connectivity index (χ4n) is 2.35. The summed E-state index contributed by atoms with van der Waals surface area (Å²) in [6.45, 7) is 8.63. The number of rotatable bonds is 6. The third kappa shape index (κ3) is 6.22. The van der Waals surface area contributed by atoms with Gasteiger partial charge in [0.25, 0.3) is 0 Å². The largest absolute Gasteiger partial charge is 0.361 e. The molecule has 0 bridgehead atoms. The van der Waals surface area contributed by atoms with Gasteiger partial charge in [-0.15, -0.1) is 0 Å². The molecule has 0 aromatic rings. The predicted octanol–water partition coefficient (Wildman–Crippen LogP) is 2.12. The van der Waals surface area contributed by atoms with E-state index < -0.39 is 0 Å². The van der Waals surface area contributed by atoms with Crippen molar-refractivity contribution in [3.63, 3.8) is 0 Å². The normalized spacial score (nSPS) is 17.1. The SMILES string of the molecule is CCN(CC)CCNC(=S)NC1CCCCC1. The molecule has 100 valence electrons. The zero-order chi connectivity index (χ0) is 12.5. The monoisotopic (exact) mass is 257 g/mol. The smallest absolute Gasteiger partial charge is 0.166 e. The lowest BCUT2D eigenvalue weighted by molar-refractivity contribution is 0.308. The van der Waals surface area contributed by atoms with Gasteiger partial charge in [0.2, 0.25) is 0 Å². The van der Waals surface area contributed by atoms with Gasteiger partial charge in [-0.25, -0.2) is 0 Å². The molecule has 0 amide bonds. The molecule has 1 aliphatic carbocycles. The van der Waals surface area contributed by atoms with E-state index in [9.17, 15) is 0 Å². The lowest BCUT2D eigenvalue weighted by Crippen LogP contribution is -2.45. The number of likely N-dealkylation sites (N-methyl/N-ethyl adjacent to an activating group) is 1. The Hall–Kier alpha value is -0.350. The minimum absolute atomic E-state index is 0.609. The fourth-order valence-corrected chi connectivity index (χ4v) is 2.62. The first-order valence-corrected chi connectivity index (χ1v) is 7.43. The highest BCUT2D eigenvalue weighted by Gasteiger charge is 2.13. The summed E-state index contributed by atoms with van der Waals surface area (Å²) in [5.74, 6) is 0. The first-order valence-electron chi connectivity index (χ1n) is 7.03. The minimum atomic E-state index is 0.609. The molecular formula is C13H27N3S. The number of thiocarbonyl (C=S) groups is 1. The maximum absolute atomic E-state index is 5.32. The van der Waals surface area contributed by atoms with Crippen LogP contribution in [0.25, 0.3) is 0 Å². The van der Waals surface area contributed by atoms with Crippen LogP contribution in [0.4, 0.5) is 0 Å². The molecular weight excluding hydrogens is 230 g/mol. The molecule has 0 atom stereocenters. The topological polar surface area (TPSA) is 27.3 Å². The van der Waals surface area contributed by atoms with Crippen molar-refractivity contribution in [1.82, 2.24) is 15.5 Å². The number of hydrogen-bond acceptors (Lipinski definition) is 2. The molecule has 0 unspecified atom stereocenters. The second-order valence-electron chi connectivity index (χ2n) is 4.76. The van der Waals surface area contributed by atoms with Crippen molar-refractivity contribution < 1.29 is 0 Å². The molecule has 0 aliphatic heterocycles. The highest BCUT2D eigenvalue weighted by Crippen LogP contribution is 2.17. The second-order valence-corrected chi connectivity index (χ2v) is 5.17. The molecule has 0 aromatic heterocycles. The van der Waals surface area contributed by atoms with E-state index >= 15 is 0 Å². The molecule has 17 heavy (non-hydrogen) atoms. The van der Waals surface area contributed by atoms with Crippen molar-refractivity contribution in [1.29, 1.82) is 0 Å². The summed E-state index contributed by atoms with van der Waals surface area (Å²) in [5.41, 5.74) is 0. The molecule has 2 N–H and O–H groups in total. The Balaban J connectivity index is 2.07. The third-order valence-electron chi connectivity index (χ3n) is 3.55. The van der Waals surface area contributed by atoms with E-state index in [0.29, 0.717) is 6.04 Å². The maximum Gasteiger partial charge on any atom is 0.166 e. The standard InChI is InChI=1S/C13H27N3S/c1-3-16(4-2)11-10-14-13(17)15-12-8-6-5-7-9-12/h12H,3-11H2,1-2H3,(H2,14,15,17). The van der Waals surface area contributed by atoms with Gasteiger partial charge in [0, 0.05) is 19.1 Å². The summed E-state index contributed by atoms with van der Waals surface area (Å²) in [7, 11) is 0. The first kappa shape index (κ1) is 14.7. The van der Waals surface area contributed by atoms with Crippen LogP contribution in [0.5, 0.6) is 0 Å². The molecule has 0 spiro atoms. The summed E-state index contributed by atoms with van der Waals surface area (Å²) >= 11 is 5.32. The number of nitrogens with zero attached hydrogens (tertiary/aromatic N) is 1. The Morgan fingerprint density at radius 1 is 1.18 bits per heavy atom. The quantitative estimate of drug-likeness (QED) is 0.713. The van der Waals surface area contributed by atoms with Gasteiger partial charge in [-0.05, 0) is 38.1 Å². The van der Waals surface area contributed by atoms with E-state index in [1.54, 1.807) is 0 Å². The van der Waals surface area contributed by atoms with E-state index in [2.05, 4.69) is 29.4 Å². The van der Waals surface area contributed by atoms with Gasteiger partial charge in [-0.1, -0.05) is 33.1 Å². The Labute approximate surface area is 111 Å². The van der Waals surface area contributed by atoms with E-state index in [1.807, 2.05) is 0 Å². The molecule has 1 aliphatic rings. The van der Waals surface area contributed by atoms with Crippen molar-refractivity contribution in [3.8, 4) is 0 Å².